The van der Waals surface area contributed by atoms with E-state index in [-0.39, 0.29) is 11.8 Å². The monoisotopic (exact) mass is 283 g/mol. The molecule has 6 nitrogen and oxygen atoms in total. The van der Waals surface area contributed by atoms with Crippen molar-refractivity contribution >= 4 is 17.8 Å². The Morgan fingerprint density at radius 1 is 1.20 bits per heavy atom. The first-order chi connectivity index (χ1) is 9.42. The molecule has 20 heavy (non-hydrogen) atoms. The zero-order chi connectivity index (χ0) is 15.3. The Labute approximate surface area is 120 Å². The summed E-state index contributed by atoms with van der Waals surface area (Å²) in [7, 11) is 0. The lowest BCUT2D eigenvalue weighted by molar-refractivity contribution is -0.144. The summed E-state index contributed by atoms with van der Waals surface area (Å²) < 4.78 is 0. The van der Waals surface area contributed by atoms with Crippen molar-refractivity contribution in [2.24, 2.45) is 11.8 Å². The minimum Gasteiger partial charge on any atom is -0.304 e. The van der Waals surface area contributed by atoms with E-state index in [1.807, 2.05) is 13.8 Å². The second kappa shape index (κ2) is 7.38. The van der Waals surface area contributed by atoms with Gasteiger partial charge in [-0.3, -0.25) is 19.8 Å². The highest BCUT2D eigenvalue weighted by Gasteiger charge is 2.41. The third-order valence-corrected chi connectivity index (χ3v) is 3.71. The van der Waals surface area contributed by atoms with Crippen LogP contribution in [0.2, 0.25) is 0 Å². The van der Waals surface area contributed by atoms with Crippen LogP contribution >= 0.6 is 0 Å². The van der Waals surface area contributed by atoms with E-state index in [9.17, 15) is 14.4 Å². The van der Waals surface area contributed by atoms with E-state index in [0.29, 0.717) is 6.54 Å². The smallest absolute Gasteiger partial charge is 0.304 e. The van der Waals surface area contributed by atoms with Gasteiger partial charge >= 0.3 is 6.03 Å². The maximum absolute atomic E-state index is 12.2. The number of nitrogens with one attached hydrogen (secondary N) is 1. The third-order valence-electron chi connectivity index (χ3n) is 3.71. The molecule has 114 valence electrons. The van der Waals surface area contributed by atoms with Crippen LogP contribution in [0.3, 0.4) is 0 Å². The van der Waals surface area contributed by atoms with Crippen LogP contribution in [-0.2, 0) is 9.59 Å². The first kappa shape index (κ1) is 16.6. The Kier molecular flexibility index (Phi) is 6.13. The lowest BCUT2D eigenvalue weighted by atomic mass is 9.92. The van der Waals surface area contributed by atoms with Gasteiger partial charge in [0.1, 0.15) is 5.92 Å². The van der Waals surface area contributed by atoms with Crippen molar-refractivity contribution in [3.63, 3.8) is 0 Å². The molecule has 1 N–H and O–H groups in total. The highest BCUT2D eigenvalue weighted by molar-refractivity contribution is 6.16. The summed E-state index contributed by atoms with van der Waals surface area (Å²) in [5.74, 6) is -1.70. The van der Waals surface area contributed by atoms with Crippen molar-refractivity contribution in [2.45, 2.75) is 34.1 Å². The fourth-order valence-electron chi connectivity index (χ4n) is 2.42. The minimum atomic E-state index is -0.749. The number of carbonyl (C=O) groups excluding carboxylic acids is 3. The number of hydrogen-bond donors (Lipinski definition) is 1. The van der Waals surface area contributed by atoms with E-state index < -0.39 is 17.9 Å². The van der Waals surface area contributed by atoms with Crippen molar-refractivity contribution < 1.29 is 14.4 Å². The molecule has 4 amide bonds. The Morgan fingerprint density at radius 3 is 2.30 bits per heavy atom. The summed E-state index contributed by atoms with van der Waals surface area (Å²) in [4.78, 5) is 39.1. The van der Waals surface area contributed by atoms with Crippen LogP contribution in [0, 0.1) is 11.8 Å². The average Bonchev–Trinajstić information content (AvgIpc) is 2.37. The number of nitrogens with zero attached hydrogens (tertiary/aromatic N) is 2. The molecule has 1 atom stereocenters. The molecular formula is C14H25N3O3. The highest BCUT2D eigenvalue weighted by Crippen LogP contribution is 2.19. The number of amides is 4. The van der Waals surface area contributed by atoms with E-state index in [0.717, 1.165) is 26.1 Å². The summed E-state index contributed by atoms with van der Waals surface area (Å²) >= 11 is 0. The molecule has 1 unspecified atom stereocenters. The number of hydrogen-bond acceptors (Lipinski definition) is 4. The van der Waals surface area contributed by atoms with Gasteiger partial charge in [-0.15, -0.1) is 0 Å². The second-order valence-corrected chi connectivity index (χ2v) is 5.39. The van der Waals surface area contributed by atoms with Gasteiger partial charge in [0, 0.05) is 6.54 Å². The van der Waals surface area contributed by atoms with Gasteiger partial charge in [-0.1, -0.05) is 27.7 Å². The van der Waals surface area contributed by atoms with Gasteiger partial charge in [-0.2, -0.15) is 0 Å². The number of carbonyl (C=O) groups is 3. The van der Waals surface area contributed by atoms with Gasteiger partial charge in [0.25, 0.3) is 0 Å². The molecule has 1 aliphatic rings. The van der Waals surface area contributed by atoms with Crippen LogP contribution in [0.25, 0.3) is 0 Å². The Hall–Kier alpha value is -1.43. The Balaban J connectivity index is 2.62. The van der Waals surface area contributed by atoms with E-state index >= 15 is 0 Å². The van der Waals surface area contributed by atoms with Gasteiger partial charge in [-0.25, -0.2) is 4.79 Å². The molecule has 1 rings (SSSR count). The van der Waals surface area contributed by atoms with E-state index in [1.165, 1.54) is 4.90 Å². The molecule has 0 radical (unpaired) electrons. The van der Waals surface area contributed by atoms with Gasteiger partial charge in [0.05, 0.1) is 0 Å². The predicted octanol–water partition coefficient (Wildman–Crippen LogP) is 1.07. The van der Waals surface area contributed by atoms with Crippen molar-refractivity contribution in [3.8, 4) is 0 Å². The number of barbiturate groups is 1. The molecule has 0 spiro atoms. The summed E-state index contributed by atoms with van der Waals surface area (Å²) in [6, 6.07) is -0.587. The van der Waals surface area contributed by atoms with Crippen molar-refractivity contribution in [2.75, 3.05) is 26.2 Å². The van der Waals surface area contributed by atoms with Crippen LogP contribution in [0.4, 0.5) is 4.79 Å². The van der Waals surface area contributed by atoms with Crippen molar-refractivity contribution in [1.29, 1.82) is 0 Å². The van der Waals surface area contributed by atoms with Gasteiger partial charge in [0.2, 0.25) is 11.8 Å². The molecule has 1 saturated heterocycles. The first-order valence-electron chi connectivity index (χ1n) is 7.30. The number of imide groups is 2. The van der Waals surface area contributed by atoms with Crippen LogP contribution in [0.5, 0.6) is 0 Å². The largest absolute Gasteiger partial charge is 0.330 e. The van der Waals surface area contributed by atoms with Gasteiger partial charge in [-0.05, 0) is 32.0 Å². The minimum absolute atomic E-state index is 0.110. The predicted molar refractivity (Wildman–Crippen MR) is 76.0 cm³/mol. The standard InChI is InChI=1S/C14H25N3O3/c1-5-16(6-2)8-7-9-17-13(19)11(10(3)4)12(18)15-14(17)20/h10-11H,5-9H2,1-4H3,(H,15,18,20). The van der Waals surface area contributed by atoms with E-state index in [2.05, 4.69) is 24.1 Å². The molecular weight excluding hydrogens is 258 g/mol. The zero-order valence-electron chi connectivity index (χ0n) is 12.8. The molecule has 0 saturated carbocycles. The van der Waals surface area contributed by atoms with Gasteiger partial charge < -0.3 is 4.90 Å². The normalized spacial score (nSPS) is 20.0. The van der Waals surface area contributed by atoms with Crippen LogP contribution < -0.4 is 5.32 Å². The molecule has 0 bridgehead atoms. The van der Waals surface area contributed by atoms with Crippen LogP contribution in [0.15, 0.2) is 0 Å². The Bertz CT molecular complexity index is 378. The first-order valence-corrected chi connectivity index (χ1v) is 7.30. The second-order valence-electron chi connectivity index (χ2n) is 5.39. The summed E-state index contributed by atoms with van der Waals surface area (Å²) in [6.45, 7) is 10.9. The number of rotatable bonds is 7. The topological polar surface area (TPSA) is 69.7 Å². The third kappa shape index (κ3) is 3.79. The fraction of sp³-hybridized carbons (Fsp3) is 0.786. The Morgan fingerprint density at radius 2 is 1.80 bits per heavy atom. The molecule has 1 heterocycles. The van der Waals surface area contributed by atoms with Crippen LogP contribution in [0.1, 0.15) is 34.1 Å². The summed E-state index contributed by atoms with van der Waals surface area (Å²) in [6.07, 6.45) is 0.722. The maximum Gasteiger partial charge on any atom is 0.330 e. The zero-order valence-corrected chi connectivity index (χ0v) is 12.8. The molecule has 0 aliphatic carbocycles. The average molecular weight is 283 g/mol. The van der Waals surface area contributed by atoms with Crippen molar-refractivity contribution in [3.05, 3.63) is 0 Å². The molecule has 6 heteroatoms. The lowest BCUT2D eigenvalue weighted by Gasteiger charge is -2.32. The van der Waals surface area contributed by atoms with Crippen molar-refractivity contribution in [1.82, 2.24) is 15.1 Å². The van der Waals surface area contributed by atoms with Gasteiger partial charge in [0.15, 0.2) is 0 Å². The van der Waals surface area contributed by atoms with E-state index in [4.69, 9.17) is 0 Å². The molecule has 1 fully saturated rings. The molecule has 0 aromatic carbocycles. The quantitative estimate of drug-likeness (QED) is 0.710. The van der Waals surface area contributed by atoms with E-state index in [1.54, 1.807) is 0 Å². The molecule has 1 aliphatic heterocycles. The molecule has 0 aromatic heterocycles. The fourth-order valence-corrected chi connectivity index (χ4v) is 2.42. The number of urea groups is 1. The van der Waals surface area contributed by atoms with Crippen LogP contribution in [-0.4, -0.2) is 53.8 Å². The highest BCUT2D eigenvalue weighted by atomic mass is 16.2. The SMILES string of the molecule is CCN(CC)CCCN1C(=O)NC(=O)C(C(C)C)C1=O. The summed E-state index contributed by atoms with van der Waals surface area (Å²) in [5.41, 5.74) is 0. The lowest BCUT2D eigenvalue weighted by Crippen LogP contribution is -2.59. The maximum atomic E-state index is 12.2. The molecule has 0 aromatic rings. The summed E-state index contributed by atoms with van der Waals surface area (Å²) in [5, 5.41) is 2.27.